The van der Waals surface area contributed by atoms with Gasteiger partial charge in [0.15, 0.2) is 0 Å². The first-order valence-electron chi connectivity index (χ1n) is 8.55. The molecule has 1 unspecified atom stereocenters. The average molecular weight is 409 g/mol. The van der Waals surface area contributed by atoms with Crippen molar-refractivity contribution in [3.05, 3.63) is 59.3 Å². The number of nitrogens with two attached hydrogens (primary N) is 1. The fourth-order valence-electron chi connectivity index (χ4n) is 3.11. The molecule has 0 saturated heterocycles. The molecule has 1 atom stereocenters. The average Bonchev–Trinajstić information content (AvgIpc) is 2.92. The number of carbonyl (C=O) groups excluding carboxylic acids is 1. The fraction of sp³-hybridized carbons (Fsp3) is 0.300. The number of hydrogen-bond acceptors (Lipinski definition) is 3. The van der Waals surface area contributed by atoms with Gasteiger partial charge in [-0.05, 0) is 35.2 Å². The Morgan fingerprint density at radius 1 is 1.18 bits per heavy atom. The van der Waals surface area contributed by atoms with Gasteiger partial charge in [-0.2, -0.15) is 5.10 Å². The van der Waals surface area contributed by atoms with Crippen LogP contribution in [0, 0.1) is 11.6 Å². The lowest BCUT2D eigenvalue weighted by molar-refractivity contribution is -0.117. The van der Waals surface area contributed by atoms with Gasteiger partial charge in [0.05, 0.1) is 11.7 Å². The van der Waals surface area contributed by atoms with Gasteiger partial charge < -0.3 is 11.1 Å². The van der Waals surface area contributed by atoms with E-state index in [0.29, 0.717) is 5.56 Å². The maximum atomic E-state index is 14.3. The van der Waals surface area contributed by atoms with Crippen LogP contribution in [0.25, 0.3) is 10.9 Å². The number of fused-ring (bicyclic) bond motifs is 1. The molecular formula is C20H23ClF2N4O. The van der Waals surface area contributed by atoms with Crippen LogP contribution >= 0.6 is 12.4 Å². The second kappa shape index (κ2) is 7.85. The Balaban J connectivity index is 0.00000280. The molecule has 0 fully saturated rings. The highest BCUT2D eigenvalue weighted by Crippen LogP contribution is 2.30. The topological polar surface area (TPSA) is 72.9 Å². The van der Waals surface area contributed by atoms with Crippen molar-refractivity contribution in [2.24, 2.45) is 12.8 Å². The summed E-state index contributed by atoms with van der Waals surface area (Å²) < 4.78 is 30.4. The largest absolute Gasteiger partial charge is 0.324 e. The summed E-state index contributed by atoms with van der Waals surface area (Å²) in [7, 11) is 1.82. The van der Waals surface area contributed by atoms with Gasteiger partial charge in [0, 0.05) is 23.7 Å². The van der Waals surface area contributed by atoms with Crippen LogP contribution in [0.5, 0.6) is 0 Å². The molecule has 3 aromatic rings. The van der Waals surface area contributed by atoms with Crippen molar-refractivity contribution in [3.63, 3.8) is 0 Å². The number of nitrogens with one attached hydrogen (secondary N) is 1. The smallest absolute Gasteiger partial charge is 0.245 e. The van der Waals surface area contributed by atoms with Crippen LogP contribution in [0.1, 0.15) is 37.9 Å². The number of anilines is 1. The van der Waals surface area contributed by atoms with Gasteiger partial charge in [-0.3, -0.25) is 9.48 Å². The van der Waals surface area contributed by atoms with Gasteiger partial charge in [-0.15, -0.1) is 12.4 Å². The van der Waals surface area contributed by atoms with Gasteiger partial charge in [0.1, 0.15) is 17.7 Å². The van der Waals surface area contributed by atoms with Gasteiger partial charge in [-0.25, -0.2) is 8.78 Å². The Bertz CT molecular complexity index is 1000. The number of aromatic nitrogens is 2. The minimum absolute atomic E-state index is 0. The van der Waals surface area contributed by atoms with E-state index in [-0.39, 0.29) is 23.7 Å². The van der Waals surface area contributed by atoms with Gasteiger partial charge in [0.2, 0.25) is 5.91 Å². The summed E-state index contributed by atoms with van der Waals surface area (Å²) in [5, 5.41) is 7.49. The monoisotopic (exact) mass is 408 g/mol. The number of hydrogen-bond donors (Lipinski definition) is 2. The standard InChI is InChI=1S/C20H22F2N4O.ClH/c1-20(2,3)17-14(21)8-13(9-15(17)22)25-19(27)18(23)11-5-6-16-12(7-11)10-24-26(16)4;/h5-10,18H,23H2,1-4H3,(H,25,27);1H. The molecule has 2 aromatic carbocycles. The number of amides is 1. The zero-order valence-electron chi connectivity index (χ0n) is 16.1. The second-order valence-corrected chi connectivity index (χ2v) is 7.62. The second-order valence-electron chi connectivity index (χ2n) is 7.62. The number of benzene rings is 2. The highest BCUT2D eigenvalue weighted by Gasteiger charge is 2.25. The lowest BCUT2D eigenvalue weighted by Gasteiger charge is -2.21. The number of carbonyl (C=O) groups is 1. The molecule has 1 heterocycles. The molecule has 0 aliphatic rings. The van der Waals surface area contributed by atoms with E-state index in [1.54, 1.807) is 43.8 Å². The van der Waals surface area contributed by atoms with Crippen molar-refractivity contribution in [3.8, 4) is 0 Å². The van der Waals surface area contributed by atoms with Crippen molar-refractivity contribution in [1.82, 2.24) is 9.78 Å². The quantitative estimate of drug-likeness (QED) is 0.681. The third-order valence-corrected chi connectivity index (χ3v) is 4.47. The number of halogens is 3. The molecule has 0 aliphatic carbocycles. The van der Waals surface area contributed by atoms with Crippen molar-refractivity contribution >= 4 is 34.9 Å². The molecule has 0 bridgehead atoms. The molecule has 3 rings (SSSR count). The summed E-state index contributed by atoms with van der Waals surface area (Å²) in [6.07, 6.45) is 1.68. The van der Waals surface area contributed by atoms with Gasteiger partial charge >= 0.3 is 0 Å². The maximum Gasteiger partial charge on any atom is 0.245 e. The molecule has 1 aromatic heterocycles. The molecule has 0 saturated carbocycles. The summed E-state index contributed by atoms with van der Waals surface area (Å²) >= 11 is 0. The lowest BCUT2D eigenvalue weighted by Crippen LogP contribution is -2.28. The predicted molar refractivity (Wildman–Crippen MR) is 109 cm³/mol. The molecule has 1 amide bonds. The van der Waals surface area contributed by atoms with E-state index in [0.717, 1.165) is 23.0 Å². The van der Waals surface area contributed by atoms with Crippen LogP contribution in [0.15, 0.2) is 36.5 Å². The van der Waals surface area contributed by atoms with Crippen LogP contribution in [0.2, 0.25) is 0 Å². The maximum absolute atomic E-state index is 14.3. The van der Waals surface area contributed by atoms with E-state index in [9.17, 15) is 13.6 Å². The Hall–Kier alpha value is -2.51. The molecule has 3 N–H and O–H groups in total. The Kier molecular flexibility index (Phi) is 6.11. The van der Waals surface area contributed by atoms with Crippen molar-refractivity contribution in [2.75, 3.05) is 5.32 Å². The van der Waals surface area contributed by atoms with Crippen molar-refractivity contribution < 1.29 is 13.6 Å². The molecule has 150 valence electrons. The minimum Gasteiger partial charge on any atom is -0.324 e. The highest BCUT2D eigenvalue weighted by atomic mass is 35.5. The molecule has 8 heteroatoms. The van der Waals surface area contributed by atoms with Gasteiger partial charge in [-0.1, -0.05) is 26.8 Å². The number of rotatable bonds is 3. The molecule has 0 radical (unpaired) electrons. The summed E-state index contributed by atoms with van der Waals surface area (Å²) in [6.45, 7) is 5.16. The van der Waals surface area contributed by atoms with E-state index in [4.69, 9.17) is 5.73 Å². The van der Waals surface area contributed by atoms with Crippen LogP contribution < -0.4 is 11.1 Å². The summed E-state index contributed by atoms with van der Waals surface area (Å²) in [5.74, 6) is -1.97. The third-order valence-electron chi connectivity index (χ3n) is 4.47. The van der Waals surface area contributed by atoms with Crippen molar-refractivity contribution in [1.29, 1.82) is 0 Å². The van der Waals surface area contributed by atoms with E-state index >= 15 is 0 Å². The lowest BCUT2D eigenvalue weighted by atomic mass is 9.86. The first-order chi connectivity index (χ1) is 12.6. The van der Waals surface area contributed by atoms with Crippen molar-refractivity contribution in [2.45, 2.75) is 32.2 Å². The molecule has 5 nitrogen and oxygen atoms in total. The SMILES string of the molecule is Cl.Cn1ncc2cc(C(N)C(=O)Nc3cc(F)c(C(C)(C)C)c(F)c3)ccc21. The van der Waals surface area contributed by atoms with Crippen LogP contribution in [0.3, 0.4) is 0 Å². The Morgan fingerprint density at radius 3 is 2.36 bits per heavy atom. The normalized spacial score (nSPS) is 12.5. The molecule has 28 heavy (non-hydrogen) atoms. The zero-order chi connectivity index (χ0) is 19.9. The fourth-order valence-corrected chi connectivity index (χ4v) is 3.11. The molecule has 0 spiro atoms. The first kappa shape index (κ1) is 21.8. The van der Waals surface area contributed by atoms with E-state index < -0.39 is 29.0 Å². The number of aryl methyl sites for hydroxylation is 1. The van der Waals surface area contributed by atoms with Crippen LogP contribution in [-0.2, 0) is 17.3 Å². The Labute approximate surface area is 168 Å². The Morgan fingerprint density at radius 2 is 1.79 bits per heavy atom. The summed E-state index contributed by atoms with van der Waals surface area (Å²) in [6, 6.07) is 6.57. The van der Waals surface area contributed by atoms with Gasteiger partial charge in [0.25, 0.3) is 0 Å². The first-order valence-corrected chi connectivity index (χ1v) is 8.55. The summed E-state index contributed by atoms with van der Waals surface area (Å²) in [5.41, 5.74) is 6.85. The highest BCUT2D eigenvalue weighted by molar-refractivity contribution is 5.96. The van der Waals surface area contributed by atoms with Crippen LogP contribution in [0.4, 0.5) is 14.5 Å². The third kappa shape index (κ3) is 4.15. The molecular weight excluding hydrogens is 386 g/mol. The number of nitrogens with zero attached hydrogens (tertiary/aromatic N) is 2. The van der Waals surface area contributed by atoms with E-state index in [2.05, 4.69) is 10.4 Å². The van der Waals surface area contributed by atoms with E-state index in [1.807, 2.05) is 13.1 Å². The minimum atomic E-state index is -0.983. The zero-order valence-corrected chi connectivity index (χ0v) is 16.9. The van der Waals surface area contributed by atoms with E-state index in [1.165, 1.54) is 0 Å². The van der Waals surface area contributed by atoms with Crippen LogP contribution in [-0.4, -0.2) is 15.7 Å². The summed E-state index contributed by atoms with van der Waals surface area (Å²) in [4.78, 5) is 12.5. The predicted octanol–water partition coefficient (Wildman–Crippen LogP) is 4.21. The molecule has 0 aliphatic heterocycles.